The first-order valence-corrected chi connectivity index (χ1v) is 19.3. The number of nitrogens with zero attached hydrogens (tertiary/aromatic N) is 2. The first kappa shape index (κ1) is 35.2. The highest BCUT2D eigenvalue weighted by molar-refractivity contribution is 9.09. The van der Waals surface area contributed by atoms with Crippen molar-refractivity contribution in [1.82, 2.24) is 20.7 Å². The van der Waals surface area contributed by atoms with Crippen LogP contribution >= 0.6 is 15.9 Å². The van der Waals surface area contributed by atoms with Gasteiger partial charge in [0.1, 0.15) is 0 Å². The Labute approximate surface area is 263 Å². The number of fused-ring (bicyclic) bond motifs is 1. The van der Waals surface area contributed by atoms with Crippen molar-refractivity contribution in [3.05, 3.63) is 12.0 Å². The molecule has 6 nitrogen and oxygen atoms in total. The first-order chi connectivity index (χ1) is 19.6. The average Bonchev–Trinajstić information content (AvgIpc) is 3.33. The molecule has 0 aromatic carbocycles. The van der Waals surface area contributed by atoms with E-state index in [9.17, 15) is 9.00 Å². The summed E-state index contributed by atoms with van der Waals surface area (Å²) in [6.45, 7) is 19.1. The summed E-state index contributed by atoms with van der Waals surface area (Å²) >= 11 is 3.90. The predicted octanol–water partition coefficient (Wildman–Crippen LogP) is 6.48. The molecule has 238 valence electrons. The number of nitrogens with one attached hydrogen (secondary N) is 2. The fraction of sp³-hybridized carbons (Fsp3) is 0.909. The van der Waals surface area contributed by atoms with E-state index in [1.54, 1.807) is 6.26 Å². The molecule has 0 spiro atoms. The first-order valence-electron chi connectivity index (χ1n) is 16.8. The highest BCUT2D eigenvalue weighted by Crippen LogP contribution is 2.43. The van der Waals surface area contributed by atoms with Gasteiger partial charge in [0.2, 0.25) is 5.91 Å². The number of alkyl halides is 1. The molecule has 2 N–H and O–H groups in total. The van der Waals surface area contributed by atoms with Crippen molar-refractivity contribution in [2.24, 2.45) is 29.6 Å². The van der Waals surface area contributed by atoms with Crippen LogP contribution in [0, 0.1) is 29.6 Å². The number of hydrazine groups is 1. The van der Waals surface area contributed by atoms with Gasteiger partial charge in [-0.3, -0.25) is 14.4 Å². The van der Waals surface area contributed by atoms with Crippen molar-refractivity contribution < 1.29 is 9.00 Å². The number of carbonyl (C=O) groups is 1. The van der Waals surface area contributed by atoms with E-state index in [1.807, 2.05) is 0 Å². The maximum absolute atomic E-state index is 14.2. The molecule has 4 aliphatic rings. The summed E-state index contributed by atoms with van der Waals surface area (Å²) in [6, 6.07) is 2.39. The van der Waals surface area contributed by atoms with Gasteiger partial charge in [-0.05, 0) is 87.5 Å². The summed E-state index contributed by atoms with van der Waals surface area (Å²) < 4.78 is 9.81. The minimum Gasteiger partial charge on any atom is -0.339 e. The Balaban J connectivity index is 0.000000850. The lowest BCUT2D eigenvalue weighted by Crippen LogP contribution is -2.61. The molecule has 0 aromatic rings. The number of hydrogen-bond donors (Lipinski definition) is 2. The zero-order valence-electron chi connectivity index (χ0n) is 27.1. The van der Waals surface area contributed by atoms with Crippen molar-refractivity contribution in [3.63, 3.8) is 0 Å². The van der Waals surface area contributed by atoms with E-state index in [-0.39, 0.29) is 12.0 Å². The van der Waals surface area contributed by atoms with Crippen LogP contribution in [0.4, 0.5) is 0 Å². The average molecular weight is 658 g/mol. The second-order valence-electron chi connectivity index (χ2n) is 13.5. The Hall–Kier alpha value is -0.280. The number of rotatable bonds is 9. The summed E-state index contributed by atoms with van der Waals surface area (Å²) in [5, 5.41) is 7.82. The Morgan fingerprint density at radius 2 is 1.78 bits per heavy atom. The zero-order valence-corrected chi connectivity index (χ0v) is 29.5. The molecule has 41 heavy (non-hydrogen) atoms. The van der Waals surface area contributed by atoms with Crippen LogP contribution in [0.15, 0.2) is 12.0 Å². The molecule has 9 unspecified atom stereocenters. The highest BCUT2D eigenvalue weighted by Gasteiger charge is 2.53. The fourth-order valence-corrected chi connectivity index (χ4v) is 9.10. The molecule has 2 heterocycles. The lowest BCUT2D eigenvalue weighted by atomic mass is 9.74. The second kappa shape index (κ2) is 16.7. The molecule has 0 radical (unpaired) electrons. The number of piperidine rings is 1. The van der Waals surface area contributed by atoms with Gasteiger partial charge in [-0.25, -0.2) is 5.01 Å². The van der Waals surface area contributed by atoms with Crippen molar-refractivity contribution in [3.8, 4) is 0 Å². The monoisotopic (exact) mass is 656 g/mol. The lowest BCUT2D eigenvalue weighted by molar-refractivity contribution is -0.145. The van der Waals surface area contributed by atoms with Crippen LogP contribution in [0.5, 0.6) is 0 Å². The maximum Gasteiger partial charge on any atom is 0.227 e. The molecule has 2 saturated heterocycles. The Morgan fingerprint density at radius 1 is 1.12 bits per heavy atom. The van der Waals surface area contributed by atoms with Crippen LogP contribution in [-0.4, -0.2) is 74.4 Å². The quantitative estimate of drug-likeness (QED) is 0.278. The highest BCUT2D eigenvalue weighted by atomic mass is 79.9. The number of halogens is 1. The summed E-state index contributed by atoms with van der Waals surface area (Å²) in [4.78, 5) is 17.1. The number of carbonyl (C=O) groups excluding carboxylic acids is 1. The fourth-order valence-electron chi connectivity index (χ4n) is 8.51. The molecule has 9 atom stereocenters. The standard InChI is InChI=1S/C30H55BrN4O.C3H6OS/c1-7-10-25-28-26(8-2)34(30(36)23-15-16-24(31)20(6)29(23)32-9-3)18-17-27(28)35(33-25)22-13-11-21(12-14-22)19(4)5;1-3-5(2)4/h19-29,32-33H,7-18H2,1-6H3;3H,1H2,2H3. The van der Waals surface area contributed by atoms with E-state index >= 15 is 0 Å². The largest absolute Gasteiger partial charge is 0.339 e. The third kappa shape index (κ3) is 8.46. The van der Waals surface area contributed by atoms with Crippen molar-refractivity contribution >= 4 is 32.6 Å². The van der Waals surface area contributed by atoms with E-state index in [2.05, 4.69) is 84.7 Å². The topological polar surface area (TPSA) is 64.7 Å². The van der Waals surface area contributed by atoms with Gasteiger partial charge in [0.15, 0.2) is 0 Å². The molecular formula is C33H61BrN4O2S. The van der Waals surface area contributed by atoms with Crippen molar-refractivity contribution in [2.75, 3.05) is 19.3 Å². The summed E-state index contributed by atoms with van der Waals surface area (Å²) in [7, 11) is -0.809. The third-order valence-electron chi connectivity index (χ3n) is 10.8. The molecule has 0 aromatic heterocycles. The maximum atomic E-state index is 14.2. The molecule has 4 fully saturated rings. The van der Waals surface area contributed by atoms with Crippen LogP contribution in [0.2, 0.25) is 0 Å². The van der Waals surface area contributed by atoms with Gasteiger partial charge >= 0.3 is 0 Å². The molecule has 1 amide bonds. The molecule has 4 rings (SSSR count). The molecule has 2 saturated carbocycles. The van der Waals surface area contributed by atoms with Gasteiger partial charge in [0.25, 0.3) is 0 Å². The van der Waals surface area contributed by atoms with Gasteiger partial charge in [-0.1, -0.05) is 70.5 Å². The molecular weight excluding hydrogens is 596 g/mol. The van der Waals surface area contributed by atoms with Crippen LogP contribution in [-0.2, 0) is 15.6 Å². The third-order valence-corrected chi connectivity index (χ3v) is 12.5. The van der Waals surface area contributed by atoms with Crippen molar-refractivity contribution in [2.45, 2.75) is 141 Å². The zero-order chi connectivity index (χ0) is 30.3. The van der Waals surface area contributed by atoms with Crippen LogP contribution < -0.4 is 10.7 Å². The molecule has 2 aliphatic heterocycles. The Bertz CT molecular complexity index is 851. The van der Waals surface area contributed by atoms with Crippen LogP contribution in [0.3, 0.4) is 0 Å². The van der Waals surface area contributed by atoms with Crippen LogP contribution in [0.1, 0.15) is 106 Å². The normalized spacial score (nSPS) is 38.6. The summed E-state index contributed by atoms with van der Waals surface area (Å²) in [6.07, 6.45) is 13.7. The van der Waals surface area contributed by atoms with Gasteiger partial charge in [-0.15, -0.1) is 0 Å². The van der Waals surface area contributed by atoms with Gasteiger partial charge < -0.3 is 10.2 Å². The van der Waals surface area contributed by atoms with Crippen LogP contribution in [0.25, 0.3) is 0 Å². The van der Waals surface area contributed by atoms with Gasteiger partial charge in [0, 0.05) is 64.6 Å². The summed E-state index contributed by atoms with van der Waals surface area (Å²) in [5.41, 5.74) is 4.07. The molecule has 8 heteroatoms. The minimum atomic E-state index is -0.809. The minimum absolute atomic E-state index is 0.112. The number of hydrogen-bond acceptors (Lipinski definition) is 5. The van der Waals surface area contributed by atoms with Crippen molar-refractivity contribution in [1.29, 1.82) is 0 Å². The Morgan fingerprint density at radius 3 is 2.32 bits per heavy atom. The van der Waals surface area contributed by atoms with Gasteiger partial charge in [0.05, 0.1) is 5.92 Å². The van der Waals surface area contributed by atoms with E-state index in [4.69, 9.17) is 0 Å². The Kier molecular flexibility index (Phi) is 14.3. The second-order valence-corrected chi connectivity index (χ2v) is 16.0. The number of likely N-dealkylation sites (tertiary alicyclic amines) is 1. The van der Waals surface area contributed by atoms with Gasteiger partial charge in [-0.2, -0.15) is 0 Å². The summed E-state index contributed by atoms with van der Waals surface area (Å²) in [5.74, 6) is 3.28. The molecule has 0 bridgehead atoms. The smallest absolute Gasteiger partial charge is 0.227 e. The van der Waals surface area contributed by atoms with E-state index < -0.39 is 10.8 Å². The SMILES string of the molecule is C=CS(C)=O.CCCC1NN(C2CCC(C(C)C)CC2)C2CCN(C(=O)C3CCC(Br)C(C)C3NCC)C(CC)C12. The van der Waals surface area contributed by atoms with E-state index in [1.165, 1.54) is 43.9 Å². The van der Waals surface area contributed by atoms with E-state index in [0.717, 1.165) is 50.6 Å². The lowest BCUT2D eigenvalue weighted by Gasteiger charge is -2.49. The van der Waals surface area contributed by atoms with E-state index in [0.29, 0.717) is 46.7 Å². The molecule has 2 aliphatic carbocycles. The predicted molar refractivity (Wildman–Crippen MR) is 178 cm³/mol. The number of amides is 1.